The van der Waals surface area contributed by atoms with Gasteiger partial charge in [0, 0.05) is 6.54 Å². The maximum absolute atomic E-state index is 13.1. The molecule has 4 aliphatic carbocycles. The van der Waals surface area contributed by atoms with Gasteiger partial charge in [-0.1, -0.05) is 60.7 Å². The predicted molar refractivity (Wildman–Crippen MR) is 117 cm³/mol. The van der Waals surface area contributed by atoms with Crippen LogP contribution in [-0.4, -0.2) is 17.5 Å². The molecule has 1 aliphatic heterocycles. The highest BCUT2D eigenvalue weighted by Crippen LogP contribution is 2.63. The van der Waals surface area contributed by atoms with Crippen LogP contribution in [0.25, 0.3) is 0 Å². The first-order valence-corrected chi connectivity index (χ1v) is 11.7. The van der Waals surface area contributed by atoms with Crippen molar-refractivity contribution < 1.29 is 9.53 Å². The van der Waals surface area contributed by atoms with E-state index in [9.17, 15) is 4.79 Å². The molecular weight excluding hydrogens is 370 g/mol. The molecule has 4 bridgehead atoms. The van der Waals surface area contributed by atoms with Gasteiger partial charge in [0.1, 0.15) is 0 Å². The Morgan fingerprint density at radius 1 is 0.833 bits per heavy atom. The molecule has 1 saturated heterocycles. The summed E-state index contributed by atoms with van der Waals surface area (Å²) in [5.74, 6) is 2.71. The average Bonchev–Trinajstić information content (AvgIpc) is 3.03. The summed E-state index contributed by atoms with van der Waals surface area (Å²) in [5.41, 5.74) is 2.17. The van der Waals surface area contributed by atoms with Gasteiger partial charge in [0.05, 0.1) is 6.54 Å². The van der Waals surface area contributed by atoms with Gasteiger partial charge in [-0.2, -0.15) is 0 Å². The van der Waals surface area contributed by atoms with E-state index in [1.165, 1.54) is 44.1 Å². The second-order valence-electron chi connectivity index (χ2n) is 10.7. The number of nitrogens with zero attached hydrogens (tertiary/aromatic N) is 1. The summed E-state index contributed by atoms with van der Waals surface area (Å²) < 4.78 is 6.35. The Bertz CT molecular complexity index is 889. The van der Waals surface area contributed by atoms with Crippen molar-refractivity contribution in [2.45, 2.75) is 57.1 Å². The highest BCUT2D eigenvalue weighted by Gasteiger charge is 2.57. The van der Waals surface area contributed by atoms with Crippen LogP contribution in [0.2, 0.25) is 0 Å². The van der Waals surface area contributed by atoms with Gasteiger partial charge < -0.3 is 4.74 Å². The average molecular weight is 402 g/mol. The fourth-order valence-corrected chi connectivity index (χ4v) is 7.76. The third kappa shape index (κ3) is 3.14. The van der Waals surface area contributed by atoms with Crippen molar-refractivity contribution >= 4 is 6.09 Å². The molecule has 0 N–H and O–H groups in total. The highest BCUT2D eigenvalue weighted by atomic mass is 16.6. The molecule has 2 aromatic carbocycles. The van der Waals surface area contributed by atoms with E-state index >= 15 is 0 Å². The molecule has 156 valence electrons. The maximum Gasteiger partial charge on any atom is 0.411 e. The van der Waals surface area contributed by atoms with Crippen LogP contribution in [0, 0.1) is 23.2 Å². The van der Waals surface area contributed by atoms with Crippen molar-refractivity contribution in [3.8, 4) is 0 Å². The minimum absolute atomic E-state index is 0.160. The van der Waals surface area contributed by atoms with Crippen LogP contribution in [0.5, 0.6) is 0 Å². The van der Waals surface area contributed by atoms with Gasteiger partial charge >= 0.3 is 6.09 Å². The Morgan fingerprint density at radius 2 is 1.40 bits per heavy atom. The molecule has 0 radical (unpaired) electrons. The number of cyclic esters (lactones) is 1. The van der Waals surface area contributed by atoms with Crippen molar-refractivity contribution in [1.82, 2.24) is 4.90 Å². The van der Waals surface area contributed by atoms with Gasteiger partial charge in [0.2, 0.25) is 0 Å². The second-order valence-corrected chi connectivity index (χ2v) is 10.7. The lowest BCUT2D eigenvalue weighted by Gasteiger charge is -2.58. The summed E-state index contributed by atoms with van der Waals surface area (Å²) in [6.45, 7) is 1.28. The van der Waals surface area contributed by atoms with E-state index < -0.39 is 5.60 Å². The Kier molecular flexibility index (Phi) is 4.23. The van der Waals surface area contributed by atoms with Crippen molar-refractivity contribution in [2.75, 3.05) is 6.54 Å². The lowest BCUT2D eigenvalue weighted by atomic mass is 9.47. The number of carbonyl (C=O) groups excluding carboxylic acids is 1. The number of amides is 1. The molecule has 2 aromatic rings. The number of ether oxygens (including phenoxy) is 1. The van der Waals surface area contributed by atoms with Crippen LogP contribution in [0.3, 0.4) is 0 Å². The molecular formula is C27H31NO2. The molecule has 5 aliphatic rings. The predicted octanol–water partition coefficient (Wildman–Crippen LogP) is 6.14. The fraction of sp³-hybridized carbons (Fsp3) is 0.519. The van der Waals surface area contributed by atoms with Crippen LogP contribution in [0.4, 0.5) is 4.79 Å². The van der Waals surface area contributed by atoms with E-state index in [0.29, 0.717) is 18.5 Å². The van der Waals surface area contributed by atoms with Gasteiger partial charge in [-0.3, -0.25) is 4.90 Å². The molecule has 0 spiro atoms. The summed E-state index contributed by atoms with van der Waals surface area (Å²) in [7, 11) is 0. The van der Waals surface area contributed by atoms with E-state index in [-0.39, 0.29) is 6.09 Å². The Morgan fingerprint density at radius 3 is 2.00 bits per heavy atom. The topological polar surface area (TPSA) is 29.5 Å². The fourth-order valence-electron chi connectivity index (χ4n) is 7.76. The van der Waals surface area contributed by atoms with Crippen molar-refractivity contribution in [3.63, 3.8) is 0 Å². The number of rotatable bonds is 5. The van der Waals surface area contributed by atoms with Gasteiger partial charge in [-0.05, 0) is 79.2 Å². The molecule has 7 rings (SSSR count). The van der Waals surface area contributed by atoms with Crippen molar-refractivity contribution in [1.29, 1.82) is 0 Å². The Labute approximate surface area is 179 Å². The van der Waals surface area contributed by atoms with Crippen LogP contribution in [0.1, 0.15) is 56.1 Å². The SMILES string of the molecule is O=C1OC(CC23CC4CC(CC(C4)C2)C3)(c2ccccc2)CN1Cc1ccccc1. The van der Waals surface area contributed by atoms with Gasteiger partial charge in [0.25, 0.3) is 0 Å². The largest absolute Gasteiger partial charge is 0.436 e. The molecule has 4 saturated carbocycles. The zero-order valence-corrected chi connectivity index (χ0v) is 17.6. The minimum atomic E-state index is -0.515. The summed E-state index contributed by atoms with van der Waals surface area (Å²) in [6, 6.07) is 20.8. The van der Waals surface area contributed by atoms with Crippen LogP contribution in [-0.2, 0) is 16.9 Å². The van der Waals surface area contributed by atoms with Crippen LogP contribution < -0.4 is 0 Å². The minimum Gasteiger partial charge on any atom is -0.436 e. The summed E-state index contributed by atoms with van der Waals surface area (Å²) in [4.78, 5) is 15.0. The standard InChI is InChI=1S/C27H31NO2/c29-25-28(17-20-7-3-1-4-8-20)19-27(30-25,24-9-5-2-6-10-24)18-26-14-21-11-22(15-26)13-23(12-21)16-26/h1-10,21-23H,11-19H2. The summed E-state index contributed by atoms with van der Waals surface area (Å²) in [5, 5.41) is 0. The molecule has 1 unspecified atom stereocenters. The normalized spacial score (nSPS) is 36.9. The van der Waals surface area contributed by atoms with Gasteiger partial charge in [-0.15, -0.1) is 0 Å². The first-order valence-electron chi connectivity index (χ1n) is 11.7. The number of hydrogen-bond donors (Lipinski definition) is 0. The third-order valence-electron chi connectivity index (χ3n) is 8.33. The molecule has 0 aromatic heterocycles. The quantitative estimate of drug-likeness (QED) is 0.602. The maximum atomic E-state index is 13.1. The van der Waals surface area contributed by atoms with Gasteiger partial charge in [0.15, 0.2) is 5.60 Å². The Balaban J connectivity index is 1.32. The highest BCUT2D eigenvalue weighted by molar-refractivity contribution is 5.71. The lowest BCUT2D eigenvalue weighted by Crippen LogP contribution is -2.50. The van der Waals surface area contributed by atoms with E-state index in [4.69, 9.17) is 4.74 Å². The van der Waals surface area contributed by atoms with E-state index in [2.05, 4.69) is 42.5 Å². The Hall–Kier alpha value is -2.29. The monoisotopic (exact) mass is 401 g/mol. The molecule has 30 heavy (non-hydrogen) atoms. The van der Waals surface area contributed by atoms with Crippen LogP contribution >= 0.6 is 0 Å². The molecule has 3 heteroatoms. The zero-order valence-electron chi connectivity index (χ0n) is 17.6. The van der Waals surface area contributed by atoms with E-state index in [0.717, 1.165) is 29.7 Å². The molecule has 3 nitrogen and oxygen atoms in total. The van der Waals surface area contributed by atoms with E-state index in [1.807, 2.05) is 23.1 Å². The molecule has 1 amide bonds. The summed E-state index contributed by atoms with van der Waals surface area (Å²) in [6.07, 6.45) is 9.17. The van der Waals surface area contributed by atoms with Crippen molar-refractivity contribution in [2.24, 2.45) is 23.2 Å². The zero-order chi connectivity index (χ0) is 20.2. The number of carbonyl (C=O) groups is 1. The van der Waals surface area contributed by atoms with Crippen molar-refractivity contribution in [3.05, 3.63) is 71.8 Å². The number of hydrogen-bond acceptors (Lipinski definition) is 2. The van der Waals surface area contributed by atoms with E-state index in [1.54, 1.807) is 0 Å². The third-order valence-corrected chi connectivity index (χ3v) is 8.33. The molecule has 5 fully saturated rings. The summed E-state index contributed by atoms with van der Waals surface area (Å²) >= 11 is 0. The first-order chi connectivity index (χ1) is 14.6. The first kappa shape index (κ1) is 18.5. The van der Waals surface area contributed by atoms with Crippen LogP contribution in [0.15, 0.2) is 60.7 Å². The lowest BCUT2D eigenvalue weighted by molar-refractivity contribution is -0.0969. The number of benzene rings is 2. The smallest absolute Gasteiger partial charge is 0.411 e. The second kappa shape index (κ2) is 6.87. The van der Waals surface area contributed by atoms with Gasteiger partial charge in [-0.25, -0.2) is 4.79 Å². The molecule has 1 atom stereocenters. The molecule has 1 heterocycles.